The molecule has 2 aromatic carbocycles. The van der Waals surface area contributed by atoms with Crippen molar-refractivity contribution in [1.82, 2.24) is 10.2 Å². The predicted octanol–water partition coefficient (Wildman–Crippen LogP) is 4.21. The Balaban J connectivity index is 1.78. The number of nitrogens with one attached hydrogen (secondary N) is 2. The first kappa shape index (κ1) is 20.4. The quantitative estimate of drug-likeness (QED) is 0.651. The van der Waals surface area contributed by atoms with Crippen molar-refractivity contribution in [3.05, 3.63) is 63.1 Å². The molecule has 1 atom stereocenters. The molecule has 0 bridgehead atoms. The van der Waals surface area contributed by atoms with E-state index in [-0.39, 0.29) is 6.54 Å². The van der Waals surface area contributed by atoms with Gasteiger partial charge in [-0.05, 0) is 54.8 Å². The number of hydrogen-bond acceptors (Lipinski definition) is 3. The average Bonchev–Trinajstić information content (AvgIpc) is 2.90. The highest BCUT2D eigenvalue weighted by molar-refractivity contribution is 9.10. The van der Waals surface area contributed by atoms with Crippen LogP contribution < -0.4 is 10.6 Å². The smallest absolute Gasteiger partial charge is 0.325 e. The Bertz CT molecular complexity index is 948. The van der Waals surface area contributed by atoms with Crippen LogP contribution in [0.1, 0.15) is 24.5 Å². The van der Waals surface area contributed by atoms with Gasteiger partial charge in [0.25, 0.3) is 5.91 Å². The molecule has 2 aromatic rings. The summed E-state index contributed by atoms with van der Waals surface area (Å²) in [6.45, 7) is 3.34. The Hall–Kier alpha value is -2.38. The molecule has 0 aliphatic carbocycles. The minimum absolute atomic E-state index is 0.350. The first-order chi connectivity index (χ1) is 13.3. The van der Waals surface area contributed by atoms with Gasteiger partial charge < -0.3 is 10.6 Å². The van der Waals surface area contributed by atoms with Gasteiger partial charge in [-0.15, -0.1) is 0 Å². The van der Waals surface area contributed by atoms with Gasteiger partial charge in [0.05, 0.1) is 0 Å². The van der Waals surface area contributed by atoms with Crippen LogP contribution >= 0.6 is 27.5 Å². The van der Waals surface area contributed by atoms with E-state index in [0.717, 1.165) is 14.9 Å². The fourth-order valence-electron chi connectivity index (χ4n) is 3.21. The lowest BCUT2D eigenvalue weighted by molar-refractivity contribution is -0.134. The van der Waals surface area contributed by atoms with Crippen molar-refractivity contribution in [3.63, 3.8) is 0 Å². The number of carbonyl (C=O) groups excluding carboxylic acids is 3. The van der Waals surface area contributed by atoms with E-state index in [1.54, 1.807) is 43.3 Å². The number of aryl methyl sites for hydroxylation is 1. The van der Waals surface area contributed by atoms with E-state index in [1.807, 2.05) is 13.0 Å². The van der Waals surface area contributed by atoms with Gasteiger partial charge in [-0.1, -0.05) is 46.6 Å². The van der Waals surface area contributed by atoms with Crippen molar-refractivity contribution in [3.8, 4) is 0 Å². The van der Waals surface area contributed by atoms with Crippen LogP contribution in [0.2, 0.25) is 5.02 Å². The monoisotopic (exact) mass is 463 g/mol. The molecular weight excluding hydrogens is 446 g/mol. The van der Waals surface area contributed by atoms with E-state index < -0.39 is 23.4 Å². The Morgan fingerprint density at radius 2 is 1.89 bits per heavy atom. The normalized spacial score (nSPS) is 18.9. The molecule has 2 N–H and O–H groups in total. The molecule has 8 heteroatoms. The highest BCUT2D eigenvalue weighted by Crippen LogP contribution is 2.33. The molecule has 0 aromatic heterocycles. The van der Waals surface area contributed by atoms with Gasteiger partial charge in [-0.25, -0.2) is 4.79 Å². The molecule has 1 fully saturated rings. The number of hydrogen-bond donors (Lipinski definition) is 2. The SMILES string of the molecule is CC[C@]1(c2ccc(Cl)cc2)NC(=O)N(CC(=O)Nc2ccc(Br)c(C)c2)C1=O. The molecule has 1 aliphatic rings. The first-order valence-corrected chi connectivity index (χ1v) is 9.90. The zero-order chi connectivity index (χ0) is 20.5. The maximum absolute atomic E-state index is 13.1. The Kier molecular flexibility index (Phi) is 5.76. The fraction of sp³-hybridized carbons (Fsp3) is 0.250. The third-order valence-electron chi connectivity index (χ3n) is 4.79. The van der Waals surface area contributed by atoms with Crippen molar-refractivity contribution < 1.29 is 14.4 Å². The van der Waals surface area contributed by atoms with Crippen molar-refractivity contribution in [2.45, 2.75) is 25.8 Å². The maximum atomic E-state index is 13.1. The first-order valence-electron chi connectivity index (χ1n) is 8.73. The van der Waals surface area contributed by atoms with Crippen molar-refractivity contribution in [2.75, 3.05) is 11.9 Å². The Labute approximate surface area is 176 Å². The van der Waals surface area contributed by atoms with Crippen LogP contribution in [0.3, 0.4) is 0 Å². The largest absolute Gasteiger partial charge is 0.325 e. The van der Waals surface area contributed by atoms with Gasteiger partial charge >= 0.3 is 6.03 Å². The maximum Gasteiger partial charge on any atom is 0.325 e. The number of urea groups is 1. The molecular formula is C20H19BrClN3O3. The van der Waals surface area contributed by atoms with E-state index in [2.05, 4.69) is 26.6 Å². The summed E-state index contributed by atoms with van der Waals surface area (Å²) in [5.74, 6) is -0.905. The summed E-state index contributed by atoms with van der Waals surface area (Å²) in [6.07, 6.45) is 0.350. The van der Waals surface area contributed by atoms with E-state index >= 15 is 0 Å². The second kappa shape index (κ2) is 7.93. The third kappa shape index (κ3) is 3.77. The number of amides is 4. The number of carbonyl (C=O) groups is 3. The van der Waals surface area contributed by atoms with Crippen LogP contribution in [-0.2, 0) is 15.1 Å². The summed E-state index contributed by atoms with van der Waals surface area (Å²) in [6, 6.07) is 11.5. The molecule has 6 nitrogen and oxygen atoms in total. The van der Waals surface area contributed by atoms with Crippen LogP contribution in [0.5, 0.6) is 0 Å². The van der Waals surface area contributed by atoms with Crippen LogP contribution in [0.25, 0.3) is 0 Å². The summed E-state index contributed by atoms with van der Waals surface area (Å²) >= 11 is 9.33. The summed E-state index contributed by atoms with van der Waals surface area (Å²) in [5.41, 5.74) is 0.984. The van der Waals surface area contributed by atoms with Crippen molar-refractivity contribution in [1.29, 1.82) is 0 Å². The molecule has 0 saturated carbocycles. The van der Waals surface area contributed by atoms with Gasteiger partial charge in [-0.3, -0.25) is 14.5 Å². The molecule has 4 amide bonds. The van der Waals surface area contributed by atoms with E-state index in [0.29, 0.717) is 22.7 Å². The minimum Gasteiger partial charge on any atom is -0.325 e. The molecule has 1 saturated heterocycles. The summed E-state index contributed by atoms with van der Waals surface area (Å²) in [4.78, 5) is 38.9. The molecule has 0 radical (unpaired) electrons. The number of nitrogens with zero attached hydrogens (tertiary/aromatic N) is 1. The number of anilines is 1. The van der Waals surface area contributed by atoms with Crippen LogP contribution in [0.15, 0.2) is 46.9 Å². The van der Waals surface area contributed by atoms with E-state index in [4.69, 9.17) is 11.6 Å². The third-order valence-corrected chi connectivity index (χ3v) is 5.93. The lowest BCUT2D eigenvalue weighted by Crippen LogP contribution is -2.44. The second-order valence-electron chi connectivity index (χ2n) is 6.60. The molecule has 0 spiro atoms. The van der Waals surface area contributed by atoms with Gasteiger partial charge in [0.1, 0.15) is 12.1 Å². The van der Waals surface area contributed by atoms with Crippen LogP contribution in [-0.4, -0.2) is 29.3 Å². The molecule has 1 heterocycles. The van der Waals surface area contributed by atoms with E-state index in [1.165, 1.54) is 0 Å². The predicted molar refractivity (Wildman–Crippen MR) is 111 cm³/mol. The standard InChI is InChI=1S/C20H19BrClN3O3/c1-3-20(13-4-6-14(22)7-5-13)18(27)25(19(28)24-20)11-17(26)23-15-8-9-16(21)12(2)10-15/h4-10H,3,11H2,1-2H3,(H,23,26)(H,24,28)/t20-/m1/s1. The van der Waals surface area contributed by atoms with Crippen LogP contribution in [0, 0.1) is 6.92 Å². The molecule has 28 heavy (non-hydrogen) atoms. The molecule has 1 aliphatic heterocycles. The Morgan fingerprint density at radius 3 is 2.50 bits per heavy atom. The Morgan fingerprint density at radius 1 is 1.21 bits per heavy atom. The van der Waals surface area contributed by atoms with Gasteiger partial charge in [0.2, 0.25) is 5.91 Å². The number of imide groups is 1. The number of halogens is 2. The zero-order valence-corrected chi connectivity index (χ0v) is 17.7. The van der Waals surface area contributed by atoms with E-state index in [9.17, 15) is 14.4 Å². The topological polar surface area (TPSA) is 78.5 Å². The lowest BCUT2D eigenvalue weighted by Gasteiger charge is -2.25. The van der Waals surface area contributed by atoms with Crippen LogP contribution in [0.4, 0.5) is 10.5 Å². The molecule has 146 valence electrons. The highest BCUT2D eigenvalue weighted by atomic mass is 79.9. The van der Waals surface area contributed by atoms with Gasteiger partial charge in [-0.2, -0.15) is 0 Å². The van der Waals surface area contributed by atoms with Gasteiger partial charge in [0.15, 0.2) is 0 Å². The summed E-state index contributed by atoms with van der Waals surface area (Å²) < 4.78 is 0.926. The lowest BCUT2D eigenvalue weighted by atomic mass is 9.87. The number of benzene rings is 2. The summed E-state index contributed by atoms with van der Waals surface area (Å²) in [5, 5.41) is 6.00. The van der Waals surface area contributed by atoms with Crippen molar-refractivity contribution in [2.24, 2.45) is 0 Å². The zero-order valence-electron chi connectivity index (χ0n) is 15.4. The highest BCUT2D eigenvalue weighted by Gasteiger charge is 2.51. The number of rotatable bonds is 5. The minimum atomic E-state index is -1.20. The second-order valence-corrected chi connectivity index (χ2v) is 7.89. The fourth-order valence-corrected chi connectivity index (χ4v) is 3.58. The van der Waals surface area contributed by atoms with Gasteiger partial charge in [0, 0.05) is 15.2 Å². The average molecular weight is 465 g/mol. The van der Waals surface area contributed by atoms with Crippen molar-refractivity contribution >= 4 is 51.1 Å². The molecule has 0 unspecified atom stereocenters. The molecule has 3 rings (SSSR count). The summed E-state index contributed by atoms with van der Waals surface area (Å²) in [7, 11) is 0.